The standard InChI is InChI=1S/C24H28F3N5O4/c25-24(26,27)12-36-15-5-3-4-14(10-15)29-21(33)20-9-13-8-19(13)32(20)23(35)30-17-11-31(22(28)34)18-7-2-1-6-16(17)18/h1-2,6-7,11,13-15,19-20H,3-5,8-10,12H2,(H2,28,34)(H,29,33)(H,30,35)/t13-,14+,15+,19-,20+/m1/s1. The first-order valence-corrected chi connectivity index (χ1v) is 12.1. The summed E-state index contributed by atoms with van der Waals surface area (Å²) in [5.41, 5.74) is 6.43. The Hall–Kier alpha value is -3.28. The molecule has 1 saturated heterocycles. The summed E-state index contributed by atoms with van der Waals surface area (Å²) in [6, 6.07) is 4.87. The van der Waals surface area contributed by atoms with Gasteiger partial charge in [-0.25, -0.2) is 9.59 Å². The molecule has 2 saturated carbocycles. The van der Waals surface area contributed by atoms with Crippen molar-refractivity contribution in [1.29, 1.82) is 0 Å². The zero-order chi connectivity index (χ0) is 25.6. The number of carbonyl (C=O) groups excluding carboxylic acids is 3. The smallest absolute Gasteiger partial charge is 0.369 e. The molecule has 0 radical (unpaired) electrons. The number of hydrogen-bond donors (Lipinski definition) is 3. The minimum atomic E-state index is -4.39. The van der Waals surface area contributed by atoms with Crippen LogP contribution in [0.4, 0.5) is 28.4 Å². The van der Waals surface area contributed by atoms with Gasteiger partial charge in [0.1, 0.15) is 12.6 Å². The molecule has 4 N–H and O–H groups in total. The molecule has 2 aromatic rings. The van der Waals surface area contributed by atoms with Crippen molar-refractivity contribution in [2.75, 3.05) is 11.9 Å². The Labute approximate surface area is 205 Å². The van der Waals surface area contributed by atoms with E-state index in [1.807, 2.05) is 0 Å². The van der Waals surface area contributed by atoms with Crippen molar-refractivity contribution in [3.05, 3.63) is 30.5 Å². The number of primary amides is 1. The summed E-state index contributed by atoms with van der Waals surface area (Å²) in [4.78, 5) is 39.8. The van der Waals surface area contributed by atoms with Gasteiger partial charge in [0, 0.05) is 23.7 Å². The van der Waals surface area contributed by atoms with E-state index in [0.717, 1.165) is 6.42 Å². The number of carbonyl (C=O) groups is 3. The molecule has 1 aromatic heterocycles. The number of aromatic nitrogens is 1. The monoisotopic (exact) mass is 507 g/mol. The van der Waals surface area contributed by atoms with Gasteiger partial charge >= 0.3 is 18.2 Å². The SMILES string of the molecule is NC(=O)n1cc(NC(=O)N2[C@@H]3C[C@@H]3C[C@H]2C(=O)N[C@H]2CCC[C@H](OCC(F)(F)F)C2)c2ccccc21. The molecule has 2 heterocycles. The third-order valence-electron chi connectivity index (χ3n) is 7.29. The van der Waals surface area contributed by atoms with Gasteiger partial charge in [-0.05, 0) is 50.5 Å². The number of fused-ring (bicyclic) bond motifs is 2. The molecule has 3 aliphatic rings. The number of alkyl halides is 3. The minimum Gasteiger partial charge on any atom is -0.369 e. The van der Waals surface area contributed by atoms with Gasteiger partial charge in [-0.2, -0.15) is 13.2 Å². The van der Waals surface area contributed by atoms with Crippen molar-refractivity contribution >= 4 is 34.6 Å². The van der Waals surface area contributed by atoms with Crippen LogP contribution in [0.1, 0.15) is 38.5 Å². The molecular formula is C24H28F3N5O4. The fourth-order valence-electron chi connectivity index (χ4n) is 5.56. The van der Waals surface area contributed by atoms with E-state index in [-0.39, 0.29) is 23.9 Å². The number of piperidine rings is 1. The highest BCUT2D eigenvalue weighted by atomic mass is 19.4. The number of hydrogen-bond acceptors (Lipinski definition) is 4. The first-order valence-electron chi connectivity index (χ1n) is 12.1. The molecule has 0 spiro atoms. The predicted molar refractivity (Wildman–Crippen MR) is 124 cm³/mol. The molecule has 9 nitrogen and oxygen atoms in total. The fourth-order valence-corrected chi connectivity index (χ4v) is 5.56. The van der Waals surface area contributed by atoms with E-state index in [4.69, 9.17) is 10.5 Å². The van der Waals surface area contributed by atoms with E-state index in [2.05, 4.69) is 10.6 Å². The van der Waals surface area contributed by atoms with E-state index in [1.54, 1.807) is 29.2 Å². The Morgan fingerprint density at radius 2 is 1.89 bits per heavy atom. The van der Waals surface area contributed by atoms with E-state index >= 15 is 0 Å². The Bertz CT molecular complexity index is 1180. The van der Waals surface area contributed by atoms with Crippen LogP contribution < -0.4 is 16.4 Å². The molecule has 0 bridgehead atoms. The van der Waals surface area contributed by atoms with Crippen LogP contribution in [0.25, 0.3) is 10.9 Å². The number of anilines is 1. The highest BCUT2D eigenvalue weighted by molar-refractivity contribution is 6.05. The van der Waals surface area contributed by atoms with Crippen LogP contribution in [0, 0.1) is 5.92 Å². The van der Waals surface area contributed by atoms with E-state index in [1.165, 1.54) is 10.8 Å². The number of nitrogens with zero attached hydrogens (tertiary/aromatic N) is 2. The summed E-state index contributed by atoms with van der Waals surface area (Å²) in [6.45, 7) is -1.30. The van der Waals surface area contributed by atoms with E-state index < -0.39 is 37.0 Å². The van der Waals surface area contributed by atoms with Gasteiger partial charge in [-0.3, -0.25) is 9.36 Å². The zero-order valence-corrected chi connectivity index (χ0v) is 19.5. The average molecular weight is 508 g/mol. The Balaban J connectivity index is 1.25. The highest BCUT2D eigenvalue weighted by Gasteiger charge is 2.56. The summed E-state index contributed by atoms with van der Waals surface area (Å²) >= 11 is 0. The predicted octanol–water partition coefficient (Wildman–Crippen LogP) is 3.57. The molecule has 194 valence electrons. The normalized spacial score (nSPS) is 27.5. The number of halogens is 3. The second kappa shape index (κ2) is 9.30. The quantitative estimate of drug-likeness (QED) is 0.573. The number of ether oxygens (including phenoxy) is 1. The average Bonchev–Trinajstić information content (AvgIpc) is 3.33. The third-order valence-corrected chi connectivity index (χ3v) is 7.29. The Morgan fingerprint density at radius 1 is 1.11 bits per heavy atom. The van der Waals surface area contributed by atoms with Gasteiger partial charge < -0.3 is 26.0 Å². The van der Waals surface area contributed by atoms with Gasteiger partial charge in [0.2, 0.25) is 5.91 Å². The molecule has 36 heavy (non-hydrogen) atoms. The third kappa shape index (κ3) is 4.99. The van der Waals surface area contributed by atoms with Crippen molar-refractivity contribution in [3.63, 3.8) is 0 Å². The lowest BCUT2D eigenvalue weighted by atomic mass is 9.92. The lowest BCUT2D eigenvalue weighted by molar-refractivity contribution is -0.188. The molecule has 0 unspecified atom stereocenters. The number of urea groups is 1. The maximum atomic E-state index is 13.3. The van der Waals surface area contributed by atoms with Crippen LogP contribution in [-0.4, -0.2) is 64.4 Å². The molecule has 12 heteroatoms. The number of nitrogens with one attached hydrogen (secondary N) is 2. The second-order valence-electron chi connectivity index (χ2n) is 9.84. The number of amides is 4. The van der Waals surface area contributed by atoms with Gasteiger partial charge in [0.05, 0.1) is 17.3 Å². The lowest BCUT2D eigenvalue weighted by Gasteiger charge is -2.32. The molecule has 3 fully saturated rings. The lowest BCUT2D eigenvalue weighted by Crippen LogP contribution is -2.52. The van der Waals surface area contributed by atoms with Crippen LogP contribution in [0.15, 0.2) is 30.5 Å². The summed E-state index contributed by atoms with van der Waals surface area (Å²) in [6.07, 6.45) is -0.0194. The van der Waals surface area contributed by atoms with Crippen LogP contribution in [-0.2, 0) is 9.53 Å². The molecule has 5 rings (SSSR count). The summed E-state index contributed by atoms with van der Waals surface area (Å²) in [7, 11) is 0. The van der Waals surface area contributed by atoms with Gasteiger partial charge in [-0.15, -0.1) is 0 Å². The number of likely N-dealkylation sites (tertiary alicyclic amines) is 1. The molecular weight excluding hydrogens is 479 g/mol. The summed E-state index contributed by atoms with van der Waals surface area (Å²) in [5.74, 6) is -0.0638. The first-order chi connectivity index (χ1) is 17.1. The van der Waals surface area contributed by atoms with Crippen LogP contribution >= 0.6 is 0 Å². The maximum Gasteiger partial charge on any atom is 0.411 e. The number of rotatable bonds is 5. The second-order valence-corrected chi connectivity index (χ2v) is 9.84. The highest BCUT2D eigenvalue weighted by Crippen LogP contribution is 2.48. The van der Waals surface area contributed by atoms with Crippen molar-refractivity contribution < 1.29 is 32.3 Å². The Morgan fingerprint density at radius 3 is 2.64 bits per heavy atom. The number of para-hydroxylation sites is 1. The number of benzene rings is 1. The van der Waals surface area contributed by atoms with E-state index in [9.17, 15) is 27.6 Å². The maximum absolute atomic E-state index is 13.3. The topological polar surface area (TPSA) is 119 Å². The van der Waals surface area contributed by atoms with Gasteiger partial charge in [-0.1, -0.05) is 18.2 Å². The van der Waals surface area contributed by atoms with Crippen LogP contribution in [0.2, 0.25) is 0 Å². The molecule has 4 amide bonds. The Kier molecular flexibility index (Phi) is 6.31. The van der Waals surface area contributed by atoms with E-state index in [0.29, 0.717) is 48.7 Å². The summed E-state index contributed by atoms with van der Waals surface area (Å²) in [5, 5.41) is 6.42. The largest absolute Gasteiger partial charge is 0.411 e. The van der Waals surface area contributed by atoms with Gasteiger partial charge in [0.15, 0.2) is 0 Å². The van der Waals surface area contributed by atoms with Gasteiger partial charge in [0.25, 0.3) is 0 Å². The zero-order valence-electron chi connectivity index (χ0n) is 19.5. The molecule has 1 aliphatic heterocycles. The van der Waals surface area contributed by atoms with Crippen LogP contribution in [0.3, 0.4) is 0 Å². The van der Waals surface area contributed by atoms with Crippen LogP contribution in [0.5, 0.6) is 0 Å². The summed E-state index contributed by atoms with van der Waals surface area (Å²) < 4.78 is 43.8. The van der Waals surface area contributed by atoms with Crippen molar-refractivity contribution in [2.24, 2.45) is 11.7 Å². The fraction of sp³-hybridized carbons (Fsp3) is 0.542. The molecule has 1 aromatic carbocycles. The van der Waals surface area contributed by atoms with Crippen molar-refractivity contribution in [1.82, 2.24) is 14.8 Å². The first kappa shape index (κ1) is 24.4. The molecule has 5 atom stereocenters. The minimum absolute atomic E-state index is 0.0422. The number of nitrogens with two attached hydrogens (primary N) is 1. The van der Waals surface area contributed by atoms with Crippen molar-refractivity contribution in [2.45, 2.75) is 68.9 Å². The molecule has 2 aliphatic carbocycles. The van der Waals surface area contributed by atoms with Crippen molar-refractivity contribution in [3.8, 4) is 0 Å².